The third-order valence-corrected chi connectivity index (χ3v) is 2.88. The van der Waals surface area contributed by atoms with Gasteiger partial charge in [-0.1, -0.05) is 30.3 Å². The van der Waals surface area contributed by atoms with Gasteiger partial charge in [0.2, 0.25) is 0 Å². The van der Waals surface area contributed by atoms with E-state index in [1.54, 1.807) is 6.92 Å². The number of benzene rings is 2. The SMILES string of the molecule is CC(Oc1ccc(F)c(F)c1)C(=O)NCc1ccccc1. The number of amides is 1. The van der Waals surface area contributed by atoms with Crippen LogP contribution in [0.3, 0.4) is 0 Å². The van der Waals surface area contributed by atoms with Gasteiger partial charge in [-0.3, -0.25) is 4.79 Å². The number of nitrogens with one attached hydrogen (secondary N) is 1. The highest BCUT2D eigenvalue weighted by molar-refractivity contribution is 5.80. The zero-order valence-electron chi connectivity index (χ0n) is 11.5. The number of hydrogen-bond acceptors (Lipinski definition) is 2. The molecule has 0 fully saturated rings. The molecule has 21 heavy (non-hydrogen) atoms. The van der Waals surface area contributed by atoms with Gasteiger partial charge in [0.25, 0.3) is 5.91 Å². The highest BCUT2D eigenvalue weighted by atomic mass is 19.2. The van der Waals surface area contributed by atoms with Gasteiger partial charge in [0.1, 0.15) is 5.75 Å². The summed E-state index contributed by atoms with van der Waals surface area (Å²) in [5, 5.41) is 2.71. The molecule has 2 aromatic rings. The number of hydrogen-bond donors (Lipinski definition) is 1. The van der Waals surface area contributed by atoms with Crippen molar-refractivity contribution in [1.29, 1.82) is 0 Å². The van der Waals surface area contributed by atoms with E-state index in [1.807, 2.05) is 30.3 Å². The van der Waals surface area contributed by atoms with Crippen molar-refractivity contribution in [3.63, 3.8) is 0 Å². The predicted octanol–water partition coefficient (Wildman–Crippen LogP) is 3.05. The van der Waals surface area contributed by atoms with Gasteiger partial charge in [-0.2, -0.15) is 0 Å². The maximum atomic E-state index is 13.0. The van der Waals surface area contributed by atoms with Gasteiger partial charge >= 0.3 is 0 Å². The van der Waals surface area contributed by atoms with Gasteiger partial charge in [0.05, 0.1) is 0 Å². The van der Waals surface area contributed by atoms with E-state index in [2.05, 4.69) is 5.32 Å². The van der Waals surface area contributed by atoms with Gasteiger partial charge in [-0.15, -0.1) is 0 Å². The van der Waals surface area contributed by atoms with Crippen molar-refractivity contribution in [2.24, 2.45) is 0 Å². The Morgan fingerprint density at radius 1 is 1.14 bits per heavy atom. The lowest BCUT2D eigenvalue weighted by Crippen LogP contribution is -2.35. The first-order valence-corrected chi connectivity index (χ1v) is 6.49. The molecule has 0 saturated heterocycles. The molecule has 0 bridgehead atoms. The molecule has 0 saturated carbocycles. The van der Waals surface area contributed by atoms with E-state index in [4.69, 9.17) is 4.74 Å². The minimum atomic E-state index is -1.01. The maximum absolute atomic E-state index is 13.0. The van der Waals surface area contributed by atoms with Crippen LogP contribution in [0.4, 0.5) is 8.78 Å². The van der Waals surface area contributed by atoms with Crippen LogP contribution in [0, 0.1) is 11.6 Å². The highest BCUT2D eigenvalue weighted by Crippen LogP contribution is 2.16. The Hall–Kier alpha value is -2.43. The highest BCUT2D eigenvalue weighted by Gasteiger charge is 2.15. The summed E-state index contributed by atoms with van der Waals surface area (Å²) in [5.41, 5.74) is 0.964. The zero-order chi connectivity index (χ0) is 15.2. The molecule has 0 aliphatic heterocycles. The Kier molecular flexibility index (Phi) is 4.87. The summed E-state index contributed by atoms with van der Waals surface area (Å²) in [4.78, 5) is 11.9. The molecule has 0 aromatic heterocycles. The fourth-order valence-electron chi connectivity index (χ4n) is 1.74. The number of halogens is 2. The van der Waals surface area contributed by atoms with Gasteiger partial charge in [0.15, 0.2) is 17.7 Å². The van der Waals surface area contributed by atoms with Gasteiger partial charge in [-0.25, -0.2) is 8.78 Å². The molecule has 2 rings (SSSR count). The van der Waals surface area contributed by atoms with Gasteiger partial charge < -0.3 is 10.1 Å². The normalized spacial score (nSPS) is 11.8. The Balaban J connectivity index is 1.88. The first kappa shape index (κ1) is 15.0. The Labute approximate surface area is 121 Å². The molecule has 0 radical (unpaired) electrons. The van der Waals surface area contributed by atoms with Crippen LogP contribution in [-0.4, -0.2) is 12.0 Å². The Morgan fingerprint density at radius 2 is 1.86 bits per heavy atom. The molecule has 0 aliphatic rings. The summed E-state index contributed by atoms with van der Waals surface area (Å²) in [7, 11) is 0. The molecule has 3 nitrogen and oxygen atoms in total. The van der Waals surface area contributed by atoms with Crippen LogP contribution in [0.2, 0.25) is 0 Å². The zero-order valence-corrected chi connectivity index (χ0v) is 11.5. The van der Waals surface area contributed by atoms with E-state index in [-0.39, 0.29) is 11.7 Å². The summed E-state index contributed by atoms with van der Waals surface area (Å²) in [6.07, 6.45) is -0.807. The van der Waals surface area contributed by atoms with Crippen LogP contribution in [0.15, 0.2) is 48.5 Å². The second-order valence-electron chi connectivity index (χ2n) is 4.54. The molecule has 1 unspecified atom stereocenters. The summed E-state index contributed by atoms with van der Waals surface area (Å²) < 4.78 is 31.1. The first-order chi connectivity index (χ1) is 10.1. The van der Waals surface area contributed by atoms with Crippen molar-refractivity contribution < 1.29 is 18.3 Å². The fraction of sp³-hybridized carbons (Fsp3) is 0.188. The third kappa shape index (κ3) is 4.27. The first-order valence-electron chi connectivity index (χ1n) is 6.49. The summed E-state index contributed by atoms with van der Waals surface area (Å²) in [5.74, 6) is -2.19. The van der Waals surface area contributed by atoms with Crippen LogP contribution >= 0.6 is 0 Å². The standard InChI is InChI=1S/C16H15F2NO2/c1-11(21-13-7-8-14(17)15(18)9-13)16(20)19-10-12-5-3-2-4-6-12/h2-9,11H,10H2,1H3,(H,19,20). The number of carbonyl (C=O) groups is 1. The predicted molar refractivity (Wildman–Crippen MR) is 74.7 cm³/mol. The maximum Gasteiger partial charge on any atom is 0.261 e. The number of carbonyl (C=O) groups excluding carboxylic acids is 1. The van der Waals surface area contributed by atoms with Gasteiger partial charge in [0, 0.05) is 12.6 Å². The molecule has 110 valence electrons. The average Bonchev–Trinajstić information content (AvgIpc) is 2.49. The van der Waals surface area contributed by atoms with Crippen molar-refractivity contribution >= 4 is 5.91 Å². The van der Waals surface area contributed by atoms with Crippen LogP contribution in [0.1, 0.15) is 12.5 Å². The molecular weight excluding hydrogens is 276 g/mol. The fourth-order valence-corrected chi connectivity index (χ4v) is 1.74. The molecule has 0 heterocycles. The molecule has 1 N–H and O–H groups in total. The van der Waals surface area contributed by atoms with E-state index >= 15 is 0 Å². The molecule has 0 spiro atoms. The molecule has 1 amide bonds. The van der Waals surface area contributed by atoms with Crippen LogP contribution in [0.25, 0.3) is 0 Å². The van der Waals surface area contributed by atoms with E-state index in [9.17, 15) is 13.6 Å². The minimum absolute atomic E-state index is 0.108. The summed E-state index contributed by atoms with van der Waals surface area (Å²) in [6.45, 7) is 1.92. The Morgan fingerprint density at radius 3 is 2.52 bits per heavy atom. The second-order valence-corrected chi connectivity index (χ2v) is 4.54. The van der Waals surface area contributed by atoms with E-state index in [1.165, 1.54) is 6.07 Å². The Bertz CT molecular complexity index is 617. The molecule has 5 heteroatoms. The lowest BCUT2D eigenvalue weighted by Gasteiger charge is -2.15. The van der Waals surface area contributed by atoms with Gasteiger partial charge in [-0.05, 0) is 24.6 Å². The molecule has 1 atom stereocenters. The van der Waals surface area contributed by atoms with Crippen molar-refractivity contribution in [3.8, 4) is 5.75 Å². The molecule has 0 aliphatic carbocycles. The van der Waals surface area contributed by atoms with Crippen LogP contribution in [-0.2, 0) is 11.3 Å². The lowest BCUT2D eigenvalue weighted by atomic mass is 10.2. The number of rotatable bonds is 5. The molecular formula is C16H15F2NO2. The van der Waals surface area contributed by atoms with E-state index in [0.717, 1.165) is 17.7 Å². The van der Waals surface area contributed by atoms with E-state index in [0.29, 0.717) is 6.54 Å². The molecule has 2 aromatic carbocycles. The smallest absolute Gasteiger partial charge is 0.261 e. The topological polar surface area (TPSA) is 38.3 Å². The number of ether oxygens (including phenoxy) is 1. The van der Waals surface area contributed by atoms with Crippen LogP contribution < -0.4 is 10.1 Å². The minimum Gasteiger partial charge on any atom is -0.481 e. The quantitative estimate of drug-likeness (QED) is 0.919. The van der Waals surface area contributed by atoms with E-state index < -0.39 is 17.7 Å². The van der Waals surface area contributed by atoms with Crippen molar-refractivity contribution in [1.82, 2.24) is 5.32 Å². The third-order valence-electron chi connectivity index (χ3n) is 2.88. The summed E-state index contributed by atoms with van der Waals surface area (Å²) >= 11 is 0. The lowest BCUT2D eigenvalue weighted by molar-refractivity contribution is -0.127. The summed E-state index contributed by atoms with van der Waals surface area (Å²) in [6, 6.07) is 12.6. The second kappa shape index (κ2) is 6.83. The van der Waals surface area contributed by atoms with Crippen molar-refractivity contribution in [3.05, 3.63) is 65.7 Å². The van der Waals surface area contributed by atoms with Crippen molar-refractivity contribution in [2.45, 2.75) is 19.6 Å². The average molecular weight is 291 g/mol. The largest absolute Gasteiger partial charge is 0.481 e. The monoisotopic (exact) mass is 291 g/mol. The van der Waals surface area contributed by atoms with Crippen LogP contribution in [0.5, 0.6) is 5.75 Å². The van der Waals surface area contributed by atoms with Crippen molar-refractivity contribution in [2.75, 3.05) is 0 Å².